The van der Waals surface area contributed by atoms with Gasteiger partial charge in [-0.25, -0.2) is 19.6 Å². The molecule has 0 saturated carbocycles. The zero-order valence-electron chi connectivity index (χ0n) is 16.9. The molecule has 0 spiro atoms. The molecule has 30 heavy (non-hydrogen) atoms. The van der Waals surface area contributed by atoms with Gasteiger partial charge in [0, 0.05) is 25.8 Å². The molecular weight excluding hydrogens is 422 g/mol. The summed E-state index contributed by atoms with van der Waals surface area (Å²) in [6.45, 7) is 3.91. The van der Waals surface area contributed by atoms with E-state index in [1.54, 1.807) is 24.5 Å². The van der Waals surface area contributed by atoms with E-state index in [1.165, 1.54) is 23.5 Å². The Bertz CT molecular complexity index is 1040. The Morgan fingerprint density at radius 2 is 2.07 bits per heavy atom. The smallest absolute Gasteiger partial charge is 0.254 e. The number of rotatable bonds is 7. The lowest BCUT2D eigenvalue weighted by Gasteiger charge is -2.28. The van der Waals surface area contributed by atoms with E-state index in [0.717, 1.165) is 29.9 Å². The fourth-order valence-electron chi connectivity index (χ4n) is 3.29. The van der Waals surface area contributed by atoms with Crippen molar-refractivity contribution in [1.82, 2.24) is 30.0 Å². The van der Waals surface area contributed by atoms with E-state index in [1.807, 2.05) is 17.2 Å². The maximum Gasteiger partial charge on any atom is 0.254 e. The van der Waals surface area contributed by atoms with Crippen LogP contribution >= 0.6 is 23.5 Å². The number of nitrogens with one attached hydrogen (secondary N) is 1. The second kappa shape index (κ2) is 9.63. The Hall–Kier alpha value is -2.37. The van der Waals surface area contributed by atoms with Gasteiger partial charge in [-0.2, -0.15) is 5.10 Å². The van der Waals surface area contributed by atoms with Crippen LogP contribution in [0.5, 0.6) is 0 Å². The lowest BCUT2D eigenvalue weighted by atomic mass is 10.2. The molecule has 0 bridgehead atoms. The number of hydrogen-bond acceptors (Lipinski definition) is 9. The number of anilines is 1. The van der Waals surface area contributed by atoms with Crippen LogP contribution in [0.25, 0.3) is 11.0 Å². The van der Waals surface area contributed by atoms with E-state index >= 15 is 0 Å². The first-order valence-electron chi connectivity index (χ1n) is 9.58. The Morgan fingerprint density at radius 1 is 1.23 bits per heavy atom. The average molecular weight is 446 g/mol. The van der Waals surface area contributed by atoms with Crippen molar-refractivity contribution >= 4 is 46.3 Å². The number of aromatic nitrogens is 5. The standard InChI is InChI=1S/C19H23N7O2S2/c1-29-18-13(4-3-5-21-18)17(27)20-6-7-26-16-14(12-22-26)15(23-19(24-16)30-2)25-8-10-28-11-9-25/h3-5,12H,6-11H2,1-2H3,(H,20,27). The highest BCUT2D eigenvalue weighted by molar-refractivity contribution is 7.98. The van der Waals surface area contributed by atoms with Crippen molar-refractivity contribution in [3.05, 3.63) is 30.1 Å². The predicted molar refractivity (Wildman–Crippen MR) is 118 cm³/mol. The molecule has 9 nitrogen and oxygen atoms in total. The van der Waals surface area contributed by atoms with Crippen molar-refractivity contribution in [2.75, 3.05) is 50.3 Å². The summed E-state index contributed by atoms with van der Waals surface area (Å²) in [6, 6.07) is 3.55. The molecule has 0 unspecified atom stereocenters. The third kappa shape index (κ3) is 4.37. The molecular formula is C19H23N7O2S2. The van der Waals surface area contributed by atoms with Gasteiger partial charge in [-0.15, -0.1) is 11.8 Å². The van der Waals surface area contributed by atoms with E-state index in [-0.39, 0.29) is 5.91 Å². The number of fused-ring (bicyclic) bond motifs is 1. The number of morpholine rings is 1. The lowest BCUT2D eigenvalue weighted by molar-refractivity contribution is 0.0948. The van der Waals surface area contributed by atoms with Gasteiger partial charge in [-0.1, -0.05) is 11.8 Å². The highest BCUT2D eigenvalue weighted by atomic mass is 32.2. The zero-order valence-corrected chi connectivity index (χ0v) is 18.5. The van der Waals surface area contributed by atoms with Crippen LogP contribution in [0.1, 0.15) is 10.4 Å². The van der Waals surface area contributed by atoms with Crippen molar-refractivity contribution in [2.24, 2.45) is 0 Å². The molecule has 1 aliphatic rings. The van der Waals surface area contributed by atoms with Gasteiger partial charge in [-0.3, -0.25) is 4.79 Å². The Morgan fingerprint density at radius 3 is 2.83 bits per heavy atom. The first-order valence-corrected chi connectivity index (χ1v) is 12.0. The van der Waals surface area contributed by atoms with Crippen molar-refractivity contribution in [1.29, 1.82) is 0 Å². The first-order chi connectivity index (χ1) is 14.7. The van der Waals surface area contributed by atoms with Crippen molar-refractivity contribution < 1.29 is 9.53 Å². The van der Waals surface area contributed by atoms with Gasteiger partial charge in [0.2, 0.25) is 0 Å². The molecule has 0 aliphatic carbocycles. The predicted octanol–water partition coefficient (Wildman–Crippen LogP) is 1.93. The number of ether oxygens (including phenoxy) is 1. The number of amides is 1. The SMILES string of the molecule is CSc1nc(N2CCOCC2)c2cnn(CCNC(=O)c3cccnc3SC)c2n1. The number of thioether (sulfide) groups is 2. The molecule has 1 fully saturated rings. The van der Waals surface area contributed by atoms with Crippen LogP contribution in [0.3, 0.4) is 0 Å². The van der Waals surface area contributed by atoms with Crippen molar-refractivity contribution in [3.8, 4) is 0 Å². The van der Waals surface area contributed by atoms with Gasteiger partial charge < -0.3 is 15.0 Å². The molecule has 0 atom stereocenters. The summed E-state index contributed by atoms with van der Waals surface area (Å²) in [5, 5.41) is 9.80. The van der Waals surface area contributed by atoms with Crippen LogP contribution in [0, 0.1) is 0 Å². The summed E-state index contributed by atoms with van der Waals surface area (Å²) in [5.41, 5.74) is 1.35. The minimum absolute atomic E-state index is 0.141. The minimum atomic E-state index is -0.141. The van der Waals surface area contributed by atoms with E-state index in [9.17, 15) is 4.79 Å². The third-order valence-electron chi connectivity index (χ3n) is 4.77. The number of nitrogens with zero attached hydrogens (tertiary/aromatic N) is 6. The molecule has 1 saturated heterocycles. The summed E-state index contributed by atoms with van der Waals surface area (Å²) in [6.07, 6.45) is 7.36. The molecule has 11 heteroatoms. The quantitative estimate of drug-likeness (QED) is 0.432. The van der Waals surface area contributed by atoms with Gasteiger partial charge in [0.1, 0.15) is 10.8 Å². The van der Waals surface area contributed by atoms with Gasteiger partial charge in [-0.05, 0) is 24.6 Å². The molecule has 3 aromatic rings. The summed E-state index contributed by atoms with van der Waals surface area (Å²) < 4.78 is 7.29. The minimum Gasteiger partial charge on any atom is -0.378 e. The molecule has 0 aromatic carbocycles. The van der Waals surface area contributed by atoms with Gasteiger partial charge >= 0.3 is 0 Å². The van der Waals surface area contributed by atoms with Crippen LogP contribution in [-0.2, 0) is 11.3 Å². The fraction of sp³-hybridized carbons (Fsp3) is 0.421. The van der Waals surface area contributed by atoms with Crippen LogP contribution in [-0.4, -0.2) is 76.0 Å². The summed E-state index contributed by atoms with van der Waals surface area (Å²) in [5.74, 6) is 0.750. The molecule has 4 rings (SSSR count). The van der Waals surface area contributed by atoms with Crippen LogP contribution in [0.2, 0.25) is 0 Å². The zero-order chi connectivity index (χ0) is 20.9. The molecule has 158 valence electrons. The van der Waals surface area contributed by atoms with Gasteiger partial charge in [0.25, 0.3) is 5.91 Å². The molecule has 3 aromatic heterocycles. The molecule has 0 radical (unpaired) electrons. The number of carbonyl (C=O) groups excluding carboxylic acids is 1. The Labute approximate surface area is 183 Å². The summed E-state index contributed by atoms with van der Waals surface area (Å²) in [7, 11) is 0. The highest BCUT2D eigenvalue weighted by Crippen LogP contribution is 2.27. The van der Waals surface area contributed by atoms with Crippen LogP contribution in [0.15, 0.2) is 34.7 Å². The fourth-order valence-corrected chi connectivity index (χ4v) is 4.19. The second-order valence-corrected chi connectivity index (χ2v) is 8.12. The van der Waals surface area contributed by atoms with Crippen LogP contribution < -0.4 is 10.2 Å². The Kier molecular flexibility index (Phi) is 6.70. The monoisotopic (exact) mass is 445 g/mol. The maximum atomic E-state index is 12.5. The van der Waals surface area contributed by atoms with Gasteiger partial charge in [0.05, 0.1) is 36.9 Å². The van der Waals surface area contributed by atoms with E-state index in [2.05, 4.69) is 25.3 Å². The first kappa shape index (κ1) is 20.9. The highest BCUT2D eigenvalue weighted by Gasteiger charge is 2.20. The maximum absolute atomic E-state index is 12.5. The molecule has 1 amide bonds. The lowest BCUT2D eigenvalue weighted by Crippen LogP contribution is -2.37. The molecule has 1 aliphatic heterocycles. The number of carbonyl (C=O) groups is 1. The third-order valence-corrected chi connectivity index (χ3v) is 6.03. The number of hydrogen-bond donors (Lipinski definition) is 1. The van der Waals surface area contributed by atoms with Crippen molar-refractivity contribution in [2.45, 2.75) is 16.7 Å². The Balaban J connectivity index is 1.51. The summed E-state index contributed by atoms with van der Waals surface area (Å²) >= 11 is 2.96. The van der Waals surface area contributed by atoms with Gasteiger partial charge in [0.15, 0.2) is 10.8 Å². The number of pyridine rings is 1. The largest absolute Gasteiger partial charge is 0.378 e. The molecule has 4 heterocycles. The van der Waals surface area contributed by atoms with E-state index in [4.69, 9.17) is 9.72 Å². The van der Waals surface area contributed by atoms with Crippen LogP contribution in [0.4, 0.5) is 5.82 Å². The van der Waals surface area contributed by atoms with E-state index < -0.39 is 0 Å². The topological polar surface area (TPSA) is 98.1 Å². The normalized spacial score (nSPS) is 14.3. The second-order valence-electron chi connectivity index (χ2n) is 6.55. The molecule has 1 N–H and O–H groups in total. The average Bonchev–Trinajstić information content (AvgIpc) is 3.21. The van der Waals surface area contributed by atoms with Crippen molar-refractivity contribution in [3.63, 3.8) is 0 Å². The van der Waals surface area contributed by atoms with E-state index in [0.29, 0.717) is 42.0 Å². The summed E-state index contributed by atoms with van der Waals surface area (Å²) in [4.78, 5) is 28.4.